The molecule has 18 heavy (non-hydrogen) atoms. The third kappa shape index (κ3) is 3.82. The molecule has 1 fully saturated rings. The van der Waals surface area contributed by atoms with E-state index in [2.05, 4.69) is 21.8 Å². The van der Waals surface area contributed by atoms with E-state index in [0.29, 0.717) is 6.54 Å². The zero-order valence-corrected chi connectivity index (χ0v) is 12.0. The molecule has 0 radical (unpaired) electrons. The first-order valence-electron chi connectivity index (χ1n) is 6.48. The lowest BCUT2D eigenvalue weighted by atomic mass is 10.00. The van der Waals surface area contributed by atoms with Gasteiger partial charge in [-0.3, -0.25) is 0 Å². The molecule has 4 nitrogen and oxygen atoms in total. The first kappa shape index (κ1) is 15.2. The Bertz CT molecular complexity index is 375. The Balaban J connectivity index is 0.00000162. The van der Waals surface area contributed by atoms with E-state index in [1.807, 2.05) is 13.0 Å². The monoisotopic (exact) mass is 270 g/mol. The number of halogens is 1. The number of aryl methyl sites for hydroxylation is 1. The molecule has 5 heteroatoms. The average Bonchev–Trinajstić information content (AvgIpc) is 2.29. The van der Waals surface area contributed by atoms with Crippen LogP contribution in [0, 0.1) is 12.8 Å². The van der Waals surface area contributed by atoms with Gasteiger partial charge in [-0.15, -0.1) is 12.4 Å². The molecule has 0 spiro atoms. The van der Waals surface area contributed by atoms with Gasteiger partial charge in [0.1, 0.15) is 0 Å². The van der Waals surface area contributed by atoms with Gasteiger partial charge in [-0.05, 0) is 38.3 Å². The van der Waals surface area contributed by atoms with Gasteiger partial charge in [0.15, 0.2) is 0 Å². The Morgan fingerprint density at radius 1 is 1.33 bits per heavy atom. The predicted octanol–water partition coefficient (Wildman–Crippen LogP) is 1.94. The van der Waals surface area contributed by atoms with Crippen LogP contribution in [0.3, 0.4) is 0 Å². The van der Waals surface area contributed by atoms with Crippen molar-refractivity contribution in [1.29, 1.82) is 0 Å². The summed E-state index contributed by atoms with van der Waals surface area (Å²) in [5.41, 5.74) is 7.69. The summed E-state index contributed by atoms with van der Waals surface area (Å²) in [4.78, 5) is 11.4. The molecular weight excluding hydrogens is 248 g/mol. The minimum absolute atomic E-state index is 0. The lowest BCUT2D eigenvalue weighted by Crippen LogP contribution is -2.34. The second kappa shape index (κ2) is 6.90. The van der Waals surface area contributed by atoms with Gasteiger partial charge in [0.25, 0.3) is 0 Å². The Kier molecular flexibility index (Phi) is 5.82. The highest BCUT2D eigenvalue weighted by molar-refractivity contribution is 5.85. The van der Waals surface area contributed by atoms with Crippen LogP contribution in [0.2, 0.25) is 0 Å². The van der Waals surface area contributed by atoms with E-state index < -0.39 is 0 Å². The first-order valence-corrected chi connectivity index (χ1v) is 6.48. The SMILES string of the molecule is Cc1cc(CCN)nc(N2CCC(C)CC2)n1.Cl. The van der Waals surface area contributed by atoms with Crippen molar-refractivity contribution in [1.82, 2.24) is 9.97 Å². The van der Waals surface area contributed by atoms with Crippen molar-refractivity contribution in [2.75, 3.05) is 24.5 Å². The van der Waals surface area contributed by atoms with Crippen LogP contribution < -0.4 is 10.6 Å². The number of hydrogen-bond donors (Lipinski definition) is 1. The van der Waals surface area contributed by atoms with Crippen molar-refractivity contribution >= 4 is 18.4 Å². The van der Waals surface area contributed by atoms with Gasteiger partial charge >= 0.3 is 0 Å². The number of anilines is 1. The second-order valence-corrected chi connectivity index (χ2v) is 5.01. The summed E-state index contributed by atoms with van der Waals surface area (Å²) < 4.78 is 0. The van der Waals surface area contributed by atoms with Crippen molar-refractivity contribution in [3.8, 4) is 0 Å². The van der Waals surface area contributed by atoms with Crippen LogP contribution in [0.1, 0.15) is 31.2 Å². The number of piperidine rings is 1. The molecule has 0 aliphatic carbocycles. The highest BCUT2D eigenvalue weighted by atomic mass is 35.5. The molecule has 1 aliphatic rings. The summed E-state index contributed by atoms with van der Waals surface area (Å²) in [5.74, 6) is 1.72. The third-order valence-corrected chi connectivity index (χ3v) is 3.36. The molecule has 2 rings (SSSR count). The van der Waals surface area contributed by atoms with Gasteiger partial charge < -0.3 is 10.6 Å². The molecule has 0 unspecified atom stereocenters. The largest absolute Gasteiger partial charge is 0.341 e. The molecule has 2 heterocycles. The molecule has 1 aromatic heterocycles. The van der Waals surface area contributed by atoms with E-state index in [0.717, 1.165) is 42.8 Å². The first-order chi connectivity index (χ1) is 8.19. The molecule has 1 aliphatic heterocycles. The van der Waals surface area contributed by atoms with Crippen molar-refractivity contribution < 1.29 is 0 Å². The number of hydrogen-bond acceptors (Lipinski definition) is 4. The van der Waals surface area contributed by atoms with Gasteiger partial charge in [-0.2, -0.15) is 0 Å². The minimum atomic E-state index is 0. The highest BCUT2D eigenvalue weighted by Crippen LogP contribution is 2.20. The van der Waals surface area contributed by atoms with Crippen LogP contribution in [-0.4, -0.2) is 29.6 Å². The molecule has 102 valence electrons. The van der Waals surface area contributed by atoms with Crippen molar-refractivity contribution in [2.24, 2.45) is 11.7 Å². The summed E-state index contributed by atoms with van der Waals surface area (Å²) in [5, 5.41) is 0. The molecule has 2 N–H and O–H groups in total. The van der Waals surface area contributed by atoms with Crippen molar-refractivity contribution in [2.45, 2.75) is 33.1 Å². The Hall–Kier alpha value is -0.870. The molecule has 0 amide bonds. The lowest BCUT2D eigenvalue weighted by Gasteiger charge is -2.30. The zero-order valence-electron chi connectivity index (χ0n) is 11.2. The molecule has 1 saturated heterocycles. The van der Waals surface area contributed by atoms with Crippen LogP contribution in [0.4, 0.5) is 5.95 Å². The van der Waals surface area contributed by atoms with E-state index in [9.17, 15) is 0 Å². The summed E-state index contributed by atoms with van der Waals surface area (Å²) in [7, 11) is 0. The fourth-order valence-electron chi connectivity index (χ4n) is 2.24. The summed E-state index contributed by atoms with van der Waals surface area (Å²) >= 11 is 0. The molecule has 0 atom stereocenters. The third-order valence-electron chi connectivity index (χ3n) is 3.36. The van der Waals surface area contributed by atoms with Gasteiger partial charge in [-0.25, -0.2) is 9.97 Å². The van der Waals surface area contributed by atoms with E-state index in [1.165, 1.54) is 12.8 Å². The fraction of sp³-hybridized carbons (Fsp3) is 0.692. The summed E-state index contributed by atoms with van der Waals surface area (Å²) in [6, 6.07) is 2.03. The maximum absolute atomic E-state index is 5.58. The highest BCUT2D eigenvalue weighted by Gasteiger charge is 2.18. The van der Waals surface area contributed by atoms with Crippen LogP contribution in [0.15, 0.2) is 6.07 Å². The maximum atomic E-state index is 5.58. The Labute approximate surface area is 115 Å². The Morgan fingerprint density at radius 2 is 2.00 bits per heavy atom. The normalized spacial score (nSPS) is 16.5. The minimum Gasteiger partial charge on any atom is -0.341 e. The zero-order chi connectivity index (χ0) is 12.3. The van der Waals surface area contributed by atoms with Crippen LogP contribution in [-0.2, 0) is 6.42 Å². The number of nitrogens with zero attached hydrogens (tertiary/aromatic N) is 3. The van der Waals surface area contributed by atoms with E-state index in [-0.39, 0.29) is 12.4 Å². The maximum Gasteiger partial charge on any atom is 0.225 e. The van der Waals surface area contributed by atoms with E-state index >= 15 is 0 Å². The number of aromatic nitrogens is 2. The number of nitrogens with two attached hydrogens (primary N) is 1. The van der Waals surface area contributed by atoms with E-state index in [4.69, 9.17) is 5.73 Å². The summed E-state index contributed by atoms with van der Waals surface area (Å²) in [6.45, 7) is 7.14. The van der Waals surface area contributed by atoms with Gasteiger partial charge in [0.05, 0.1) is 0 Å². The fourth-order valence-corrected chi connectivity index (χ4v) is 2.24. The topological polar surface area (TPSA) is 55.0 Å². The molecule has 0 aromatic carbocycles. The van der Waals surface area contributed by atoms with Crippen LogP contribution in [0.25, 0.3) is 0 Å². The van der Waals surface area contributed by atoms with Crippen LogP contribution in [0.5, 0.6) is 0 Å². The average molecular weight is 271 g/mol. The summed E-state index contributed by atoms with van der Waals surface area (Å²) in [6.07, 6.45) is 3.31. The van der Waals surface area contributed by atoms with Crippen molar-refractivity contribution in [3.63, 3.8) is 0 Å². The molecule has 0 bridgehead atoms. The Morgan fingerprint density at radius 3 is 2.61 bits per heavy atom. The quantitative estimate of drug-likeness (QED) is 0.912. The molecular formula is C13H23ClN4. The standard InChI is InChI=1S/C13H22N4.ClH/c1-10-4-7-17(8-5-10)13-15-11(2)9-12(16-13)3-6-14;/h9-10H,3-8,14H2,1-2H3;1H. The van der Waals surface area contributed by atoms with Crippen molar-refractivity contribution in [3.05, 3.63) is 17.5 Å². The molecule has 0 saturated carbocycles. The molecule has 1 aromatic rings. The van der Waals surface area contributed by atoms with Gasteiger partial charge in [0.2, 0.25) is 5.95 Å². The van der Waals surface area contributed by atoms with E-state index in [1.54, 1.807) is 0 Å². The van der Waals surface area contributed by atoms with Crippen LogP contribution >= 0.6 is 12.4 Å². The van der Waals surface area contributed by atoms with Gasteiger partial charge in [-0.1, -0.05) is 6.92 Å². The lowest BCUT2D eigenvalue weighted by molar-refractivity contribution is 0.434. The predicted molar refractivity (Wildman–Crippen MR) is 77.4 cm³/mol. The van der Waals surface area contributed by atoms with Gasteiger partial charge in [0, 0.05) is 30.9 Å². The number of rotatable bonds is 3. The smallest absolute Gasteiger partial charge is 0.225 e. The second-order valence-electron chi connectivity index (χ2n) is 5.01.